The third-order valence-electron chi connectivity index (χ3n) is 8.14. The zero-order valence-corrected chi connectivity index (χ0v) is 26.0. The van der Waals surface area contributed by atoms with Crippen molar-refractivity contribution in [1.82, 2.24) is 10.6 Å². The van der Waals surface area contributed by atoms with Crippen LogP contribution in [0, 0.1) is 0 Å². The number of hydrogen-bond acceptors (Lipinski definition) is 7. The quantitative estimate of drug-likeness (QED) is 0.209. The third kappa shape index (κ3) is 7.28. The van der Waals surface area contributed by atoms with Gasteiger partial charge in [0.1, 0.15) is 23.8 Å². The molecular weight excluding hydrogens is 574 g/mol. The van der Waals surface area contributed by atoms with Crippen molar-refractivity contribution in [1.29, 1.82) is 0 Å². The lowest BCUT2D eigenvalue weighted by Crippen LogP contribution is -2.63. The molecular formula is C35H39N3O7. The Morgan fingerprint density at radius 3 is 2.00 bits per heavy atom. The molecule has 0 spiro atoms. The Balaban J connectivity index is 1.21. The summed E-state index contributed by atoms with van der Waals surface area (Å²) in [6, 6.07) is 22.1. The van der Waals surface area contributed by atoms with E-state index in [4.69, 9.17) is 14.2 Å². The van der Waals surface area contributed by atoms with Crippen LogP contribution in [-0.4, -0.2) is 55.0 Å². The largest absolute Gasteiger partial charge is 0.467 e. The number of rotatable bonds is 9. The number of esters is 1. The van der Waals surface area contributed by atoms with Gasteiger partial charge < -0.3 is 24.8 Å². The SMILES string of the molecule is COC(=O)C1(NC(=O)C(Cc2ccc(NC(=O)OCC3c4ccccc4-c4ccccc43)cc2)NC(=O)OC(C)(C)C)CCC1. The molecule has 3 N–H and O–H groups in total. The van der Waals surface area contributed by atoms with Gasteiger partial charge in [-0.25, -0.2) is 14.4 Å². The molecule has 0 aliphatic heterocycles. The molecule has 1 saturated carbocycles. The predicted octanol–water partition coefficient (Wildman–Crippen LogP) is 5.70. The number of benzene rings is 3. The van der Waals surface area contributed by atoms with Gasteiger partial charge in [0, 0.05) is 18.0 Å². The molecule has 3 aromatic rings. The summed E-state index contributed by atoms with van der Waals surface area (Å²) in [5.41, 5.74) is 3.92. The van der Waals surface area contributed by atoms with E-state index in [9.17, 15) is 19.2 Å². The van der Waals surface area contributed by atoms with Crippen LogP contribution >= 0.6 is 0 Å². The van der Waals surface area contributed by atoms with Gasteiger partial charge in [0.15, 0.2) is 0 Å². The minimum Gasteiger partial charge on any atom is -0.467 e. The first-order chi connectivity index (χ1) is 21.5. The van der Waals surface area contributed by atoms with Crippen molar-refractivity contribution in [3.8, 4) is 11.1 Å². The molecule has 2 aliphatic carbocycles. The van der Waals surface area contributed by atoms with Crippen molar-refractivity contribution >= 4 is 29.8 Å². The van der Waals surface area contributed by atoms with Crippen molar-refractivity contribution in [2.45, 2.75) is 69.6 Å². The summed E-state index contributed by atoms with van der Waals surface area (Å²) in [6.07, 6.45) is 0.478. The molecule has 1 unspecified atom stereocenters. The van der Waals surface area contributed by atoms with E-state index in [1.807, 2.05) is 24.3 Å². The maximum atomic E-state index is 13.4. The van der Waals surface area contributed by atoms with Crippen molar-refractivity contribution in [3.05, 3.63) is 89.5 Å². The maximum Gasteiger partial charge on any atom is 0.411 e. The van der Waals surface area contributed by atoms with E-state index < -0.39 is 41.2 Å². The molecule has 0 heterocycles. The van der Waals surface area contributed by atoms with E-state index in [0.717, 1.165) is 28.7 Å². The van der Waals surface area contributed by atoms with E-state index in [2.05, 4.69) is 40.2 Å². The summed E-state index contributed by atoms with van der Waals surface area (Å²) < 4.78 is 15.9. The summed E-state index contributed by atoms with van der Waals surface area (Å²) in [5.74, 6) is -1.09. The number of amides is 3. The zero-order valence-electron chi connectivity index (χ0n) is 26.0. The number of fused-ring (bicyclic) bond motifs is 3. The average Bonchev–Trinajstić information content (AvgIpc) is 3.30. The fourth-order valence-corrected chi connectivity index (χ4v) is 5.80. The third-order valence-corrected chi connectivity index (χ3v) is 8.14. The number of methoxy groups -OCH3 is 1. The molecule has 0 bridgehead atoms. The van der Waals surface area contributed by atoms with Crippen LogP contribution in [0.1, 0.15) is 62.6 Å². The van der Waals surface area contributed by atoms with Gasteiger partial charge in [0.2, 0.25) is 5.91 Å². The van der Waals surface area contributed by atoms with Gasteiger partial charge in [-0.1, -0.05) is 60.7 Å². The van der Waals surface area contributed by atoms with Crippen LogP contribution in [0.4, 0.5) is 15.3 Å². The Morgan fingerprint density at radius 2 is 1.47 bits per heavy atom. The highest BCUT2D eigenvalue weighted by Crippen LogP contribution is 2.44. The Labute approximate surface area is 262 Å². The monoisotopic (exact) mass is 613 g/mol. The van der Waals surface area contributed by atoms with Crippen LogP contribution in [0.3, 0.4) is 0 Å². The molecule has 3 amide bonds. The standard InChI is InChI=1S/C35H39N3O7/c1-34(2,3)45-33(42)37-29(30(39)38-35(18-9-19-35)31(40)43-4)20-22-14-16-23(17-15-22)36-32(41)44-21-28-26-12-7-5-10-24(26)25-11-6-8-13-27(25)28/h5-8,10-17,28-29H,9,18-21H2,1-4H3,(H,36,41)(H,37,42)(H,38,39). The Bertz CT molecular complexity index is 1530. The number of ether oxygens (including phenoxy) is 3. The van der Waals surface area contributed by atoms with Crippen molar-refractivity contribution in [2.24, 2.45) is 0 Å². The van der Waals surface area contributed by atoms with Gasteiger partial charge >= 0.3 is 18.2 Å². The van der Waals surface area contributed by atoms with Crippen LogP contribution in [0.15, 0.2) is 72.8 Å². The Kier molecular flexibility index (Phi) is 9.13. The van der Waals surface area contributed by atoms with Crippen molar-refractivity contribution < 1.29 is 33.4 Å². The van der Waals surface area contributed by atoms with Crippen LogP contribution in [-0.2, 0) is 30.2 Å². The highest BCUT2D eigenvalue weighted by molar-refractivity contribution is 5.93. The second kappa shape index (κ2) is 13.0. The van der Waals surface area contributed by atoms with E-state index >= 15 is 0 Å². The van der Waals surface area contributed by atoms with Gasteiger partial charge in [-0.3, -0.25) is 10.1 Å². The second-order valence-corrected chi connectivity index (χ2v) is 12.5. The van der Waals surface area contributed by atoms with Crippen LogP contribution < -0.4 is 16.0 Å². The predicted molar refractivity (Wildman–Crippen MR) is 169 cm³/mol. The van der Waals surface area contributed by atoms with Crippen LogP contribution in [0.2, 0.25) is 0 Å². The average molecular weight is 614 g/mol. The topological polar surface area (TPSA) is 132 Å². The first-order valence-corrected chi connectivity index (χ1v) is 15.1. The molecule has 236 valence electrons. The van der Waals surface area contributed by atoms with Gasteiger partial charge in [-0.05, 0) is 80.0 Å². The fourth-order valence-electron chi connectivity index (χ4n) is 5.80. The van der Waals surface area contributed by atoms with Gasteiger partial charge in [0.05, 0.1) is 7.11 Å². The molecule has 3 aromatic carbocycles. The number of carbonyl (C=O) groups excluding carboxylic acids is 4. The summed E-state index contributed by atoms with van der Waals surface area (Å²) in [7, 11) is 1.28. The molecule has 45 heavy (non-hydrogen) atoms. The minimum absolute atomic E-state index is 0.0515. The summed E-state index contributed by atoms with van der Waals surface area (Å²) >= 11 is 0. The normalized spacial score (nSPS) is 15.4. The van der Waals surface area contributed by atoms with Gasteiger partial charge in [-0.15, -0.1) is 0 Å². The zero-order chi connectivity index (χ0) is 32.2. The lowest BCUT2D eigenvalue weighted by molar-refractivity contribution is -0.155. The number of anilines is 1. The van der Waals surface area contributed by atoms with E-state index in [-0.39, 0.29) is 18.9 Å². The lowest BCUT2D eigenvalue weighted by atomic mass is 9.76. The van der Waals surface area contributed by atoms with Crippen molar-refractivity contribution in [2.75, 3.05) is 19.0 Å². The van der Waals surface area contributed by atoms with E-state index in [1.54, 1.807) is 45.0 Å². The van der Waals surface area contributed by atoms with Gasteiger partial charge in [0.25, 0.3) is 0 Å². The molecule has 5 rings (SSSR count). The second-order valence-electron chi connectivity index (χ2n) is 12.5. The fraction of sp³-hybridized carbons (Fsp3) is 0.371. The number of nitrogens with one attached hydrogen (secondary N) is 3. The van der Waals surface area contributed by atoms with Gasteiger partial charge in [-0.2, -0.15) is 0 Å². The number of alkyl carbamates (subject to hydrolysis) is 1. The minimum atomic E-state index is -1.10. The van der Waals surface area contributed by atoms with Crippen LogP contribution in [0.25, 0.3) is 11.1 Å². The number of carbonyl (C=O) groups is 4. The first-order valence-electron chi connectivity index (χ1n) is 15.1. The molecule has 10 heteroatoms. The molecule has 1 fully saturated rings. The number of hydrogen-bond donors (Lipinski definition) is 3. The molecule has 0 aromatic heterocycles. The highest BCUT2D eigenvalue weighted by atomic mass is 16.6. The Morgan fingerprint density at radius 1 is 0.867 bits per heavy atom. The maximum absolute atomic E-state index is 13.4. The summed E-state index contributed by atoms with van der Waals surface area (Å²) in [4.78, 5) is 51.1. The van der Waals surface area contributed by atoms with Crippen LogP contribution in [0.5, 0.6) is 0 Å². The van der Waals surface area contributed by atoms with E-state index in [1.165, 1.54) is 7.11 Å². The molecule has 1 atom stereocenters. The molecule has 10 nitrogen and oxygen atoms in total. The summed E-state index contributed by atoms with van der Waals surface area (Å²) in [5, 5.41) is 8.20. The van der Waals surface area contributed by atoms with Crippen molar-refractivity contribution in [3.63, 3.8) is 0 Å². The smallest absolute Gasteiger partial charge is 0.411 e. The highest BCUT2D eigenvalue weighted by Gasteiger charge is 2.47. The molecule has 0 radical (unpaired) electrons. The summed E-state index contributed by atoms with van der Waals surface area (Å²) in [6.45, 7) is 5.37. The van der Waals surface area contributed by atoms with E-state index in [0.29, 0.717) is 24.1 Å². The first kappa shape index (κ1) is 31.6. The molecule has 0 saturated heterocycles. The molecule has 2 aliphatic rings. The lowest BCUT2D eigenvalue weighted by Gasteiger charge is -2.40. The Hall–Kier alpha value is -4.86.